The fraction of sp³-hybridized carbons (Fsp3) is 0.810. The van der Waals surface area contributed by atoms with E-state index in [1.165, 1.54) is 51.7 Å². The summed E-state index contributed by atoms with van der Waals surface area (Å²) in [7, 11) is 4.58. The van der Waals surface area contributed by atoms with Gasteiger partial charge >= 0.3 is 0 Å². The minimum absolute atomic E-state index is 0.174. The van der Waals surface area contributed by atoms with Crippen molar-refractivity contribution in [3.8, 4) is 0 Å². The molecule has 1 aromatic rings. The lowest BCUT2D eigenvalue weighted by Gasteiger charge is -2.47. The Kier molecular flexibility index (Phi) is 5.69. The van der Waals surface area contributed by atoms with Gasteiger partial charge in [0.05, 0.1) is 6.54 Å². The number of hydrogen-bond donors (Lipinski definition) is 0. The summed E-state index contributed by atoms with van der Waals surface area (Å²) < 4.78 is 12.1. The number of likely N-dealkylation sites (N-methyl/N-ethyl adjacent to an activating group) is 1. The van der Waals surface area contributed by atoms with E-state index < -0.39 is 0 Å². The number of ether oxygens (including phenoxy) is 1. The van der Waals surface area contributed by atoms with Crippen molar-refractivity contribution in [2.75, 3.05) is 53.4 Å². The van der Waals surface area contributed by atoms with Gasteiger partial charge in [-0.25, -0.2) is 0 Å². The molecule has 0 aromatic carbocycles. The number of nitrogens with zero attached hydrogens (tertiary/aromatic N) is 3. The van der Waals surface area contributed by atoms with E-state index in [1.807, 2.05) is 0 Å². The molecule has 3 fully saturated rings. The second-order valence-corrected chi connectivity index (χ2v) is 8.67. The van der Waals surface area contributed by atoms with Crippen molar-refractivity contribution in [1.29, 1.82) is 0 Å². The van der Waals surface area contributed by atoms with Crippen molar-refractivity contribution < 1.29 is 9.15 Å². The molecular formula is C21H35N3O2. The maximum atomic E-state index is 6.20. The Hall–Kier alpha value is -0.880. The molecule has 0 bridgehead atoms. The summed E-state index contributed by atoms with van der Waals surface area (Å²) >= 11 is 0. The third-order valence-electron chi connectivity index (χ3n) is 6.77. The molecule has 5 heteroatoms. The van der Waals surface area contributed by atoms with Crippen LogP contribution in [0.3, 0.4) is 0 Å². The first kappa shape index (κ1) is 18.5. The van der Waals surface area contributed by atoms with Crippen molar-refractivity contribution in [2.24, 2.45) is 0 Å². The van der Waals surface area contributed by atoms with Crippen LogP contribution in [0, 0.1) is 0 Å². The monoisotopic (exact) mass is 361 g/mol. The van der Waals surface area contributed by atoms with E-state index in [9.17, 15) is 0 Å². The molecule has 0 saturated carbocycles. The maximum Gasteiger partial charge on any atom is 0.133 e. The zero-order valence-electron chi connectivity index (χ0n) is 16.6. The summed E-state index contributed by atoms with van der Waals surface area (Å²) in [6.45, 7) is 7.75. The molecule has 4 rings (SSSR count). The molecule has 0 aliphatic carbocycles. The Morgan fingerprint density at radius 1 is 1.04 bits per heavy atom. The smallest absolute Gasteiger partial charge is 0.133 e. The molecule has 1 aromatic heterocycles. The van der Waals surface area contributed by atoms with E-state index in [4.69, 9.17) is 9.15 Å². The summed E-state index contributed by atoms with van der Waals surface area (Å²) in [5, 5.41) is 0. The molecule has 5 nitrogen and oxygen atoms in total. The van der Waals surface area contributed by atoms with E-state index in [2.05, 4.69) is 40.9 Å². The average molecular weight is 362 g/mol. The highest BCUT2D eigenvalue weighted by molar-refractivity contribution is 5.10. The van der Waals surface area contributed by atoms with Gasteiger partial charge in [0.25, 0.3) is 0 Å². The van der Waals surface area contributed by atoms with Gasteiger partial charge in [0.1, 0.15) is 17.6 Å². The van der Waals surface area contributed by atoms with E-state index in [1.54, 1.807) is 0 Å². The largest absolute Gasteiger partial charge is 0.462 e. The first-order valence-electron chi connectivity index (χ1n) is 10.5. The lowest BCUT2D eigenvalue weighted by molar-refractivity contribution is 0.000333. The molecular weight excluding hydrogens is 326 g/mol. The van der Waals surface area contributed by atoms with Crippen molar-refractivity contribution in [3.05, 3.63) is 23.7 Å². The van der Waals surface area contributed by atoms with Crippen LogP contribution in [0.5, 0.6) is 0 Å². The van der Waals surface area contributed by atoms with Crippen molar-refractivity contribution in [3.63, 3.8) is 0 Å². The summed E-state index contributed by atoms with van der Waals surface area (Å²) in [6, 6.07) is 4.31. The number of hydrogen-bond acceptors (Lipinski definition) is 5. The van der Waals surface area contributed by atoms with Gasteiger partial charge in [-0.05, 0) is 90.9 Å². The fourth-order valence-corrected chi connectivity index (χ4v) is 4.93. The van der Waals surface area contributed by atoms with Crippen molar-refractivity contribution in [1.82, 2.24) is 14.7 Å². The van der Waals surface area contributed by atoms with Crippen LogP contribution >= 0.6 is 0 Å². The molecule has 4 heterocycles. The fourth-order valence-electron chi connectivity index (χ4n) is 4.93. The lowest BCUT2D eigenvalue weighted by atomic mass is 9.85. The van der Waals surface area contributed by atoms with Crippen LogP contribution in [0.2, 0.25) is 0 Å². The first-order chi connectivity index (χ1) is 12.6. The number of rotatable bonds is 3. The van der Waals surface area contributed by atoms with Crippen molar-refractivity contribution >= 4 is 0 Å². The molecule has 0 radical (unpaired) electrons. The minimum Gasteiger partial charge on any atom is -0.462 e. The van der Waals surface area contributed by atoms with E-state index in [0.717, 1.165) is 44.2 Å². The predicted octanol–water partition coefficient (Wildman–Crippen LogP) is 3.12. The molecule has 1 atom stereocenters. The molecule has 3 aliphatic heterocycles. The van der Waals surface area contributed by atoms with Crippen LogP contribution in [0.1, 0.15) is 56.1 Å². The Bertz CT molecular complexity index is 574. The van der Waals surface area contributed by atoms with E-state index in [0.29, 0.717) is 5.54 Å². The van der Waals surface area contributed by atoms with Crippen LogP contribution in [-0.4, -0.2) is 73.7 Å². The zero-order valence-corrected chi connectivity index (χ0v) is 16.6. The Morgan fingerprint density at radius 2 is 1.88 bits per heavy atom. The number of furan rings is 1. The summed E-state index contributed by atoms with van der Waals surface area (Å²) in [5.41, 5.74) is 0.338. The third kappa shape index (κ3) is 4.01. The van der Waals surface area contributed by atoms with Crippen LogP contribution in [0.25, 0.3) is 0 Å². The maximum absolute atomic E-state index is 6.20. The second kappa shape index (κ2) is 8.01. The number of piperidine rings is 1. The van der Waals surface area contributed by atoms with Gasteiger partial charge in [-0.15, -0.1) is 0 Å². The molecule has 3 aliphatic rings. The molecule has 0 amide bonds. The summed E-state index contributed by atoms with van der Waals surface area (Å²) in [5.74, 6) is 2.13. The highest BCUT2D eigenvalue weighted by Gasteiger charge is 2.40. The molecule has 26 heavy (non-hydrogen) atoms. The van der Waals surface area contributed by atoms with E-state index in [-0.39, 0.29) is 6.10 Å². The zero-order chi connectivity index (χ0) is 18.0. The summed E-state index contributed by atoms with van der Waals surface area (Å²) in [4.78, 5) is 7.74. The normalized spacial score (nSPS) is 29.1. The molecule has 0 unspecified atom stereocenters. The van der Waals surface area contributed by atoms with E-state index >= 15 is 0 Å². The van der Waals surface area contributed by atoms with Gasteiger partial charge in [0.15, 0.2) is 0 Å². The van der Waals surface area contributed by atoms with Gasteiger partial charge < -0.3 is 14.1 Å². The Balaban J connectivity index is 1.41. The molecule has 1 spiro atoms. The third-order valence-corrected chi connectivity index (χ3v) is 6.77. The van der Waals surface area contributed by atoms with Gasteiger partial charge in [-0.1, -0.05) is 0 Å². The lowest BCUT2D eigenvalue weighted by Crippen LogP contribution is -2.57. The molecule has 3 saturated heterocycles. The Morgan fingerprint density at radius 3 is 2.65 bits per heavy atom. The minimum atomic E-state index is 0.174. The highest BCUT2D eigenvalue weighted by Crippen LogP contribution is 2.33. The van der Waals surface area contributed by atoms with Crippen LogP contribution in [0.4, 0.5) is 0 Å². The first-order valence-corrected chi connectivity index (χ1v) is 10.5. The molecule has 0 N–H and O–H groups in total. The molecule has 146 valence electrons. The number of likely N-dealkylation sites (tertiary alicyclic amines) is 1. The predicted molar refractivity (Wildman–Crippen MR) is 103 cm³/mol. The van der Waals surface area contributed by atoms with Crippen LogP contribution in [-0.2, 0) is 11.3 Å². The van der Waals surface area contributed by atoms with Gasteiger partial charge in [0, 0.05) is 18.7 Å². The van der Waals surface area contributed by atoms with Gasteiger partial charge in [-0.3, -0.25) is 9.80 Å². The van der Waals surface area contributed by atoms with Crippen LogP contribution < -0.4 is 0 Å². The second-order valence-electron chi connectivity index (χ2n) is 8.67. The SMILES string of the molecule is CN1CCC2(CC1)CN(Cc1ccc([C@H]3CCCCO3)o1)CCCN2C. The Labute approximate surface area is 158 Å². The summed E-state index contributed by atoms with van der Waals surface area (Å²) in [6.07, 6.45) is 7.49. The highest BCUT2D eigenvalue weighted by atomic mass is 16.5. The van der Waals surface area contributed by atoms with Gasteiger partial charge in [-0.2, -0.15) is 0 Å². The van der Waals surface area contributed by atoms with Crippen molar-refractivity contribution in [2.45, 2.75) is 56.7 Å². The quantitative estimate of drug-likeness (QED) is 0.826. The average Bonchev–Trinajstić information content (AvgIpc) is 3.07. The standard InChI is InChI=1S/C21H35N3O2/c1-22-13-9-21(10-14-22)17-24(12-5-11-23(21)2)16-18-7-8-20(26-18)19-6-3-4-15-25-19/h7-8,19H,3-6,9-17H2,1-2H3/t19-/m1/s1. The van der Waals surface area contributed by atoms with Gasteiger partial charge in [0.2, 0.25) is 0 Å². The topological polar surface area (TPSA) is 32.1 Å². The van der Waals surface area contributed by atoms with Crippen LogP contribution in [0.15, 0.2) is 16.5 Å².